The summed E-state index contributed by atoms with van der Waals surface area (Å²) in [5.41, 5.74) is 10.4. The van der Waals surface area contributed by atoms with Crippen LogP contribution in [-0.2, 0) is 0 Å². The van der Waals surface area contributed by atoms with Crippen LogP contribution in [0.1, 0.15) is 0 Å². The summed E-state index contributed by atoms with van der Waals surface area (Å²) >= 11 is 3.65. The summed E-state index contributed by atoms with van der Waals surface area (Å²) < 4.78 is 5.00. The lowest BCUT2D eigenvalue weighted by Gasteiger charge is -2.12. The minimum atomic E-state index is 0.618. The molecule has 12 rings (SSSR count). The van der Waals surface area contributed by atoms with E-state index in [2.05, 4.69) is 176 Å². The molecule has 0 bridgehead atoms. The molecule has 8 aromatic carbocycles. The quantitative estimate of drug-likeness (QED) is 0.168. The first kappa shape index (κ1) is 34.6. The van der Waals surface area contributed by atoms with E-state index in [1.807, 2.05) is 29.5 Å². The van der Waals surface area contributed by atoms with E-state index in [9.17, 15) is 0 Å². The van der Waals surface area contributed by atoms with E-state index in [0.29, 0.717) is 17.5 Å². The van der Waals surface area contributed by atoms with Crippen LogP contribution in [0.3, 0.4) is 0 Å². The topological polar surface area (TPSA) is 51.6 Å². The van der Waals surface area contributed by atoms with Crippen molar-refractivity contribution in [1.29, 1.82) is 0 Å². The minimum absolute atomic E-state index is 0.618. The third kappa shape index (κ3) is 5.80. The highest BCUT2D eigenvalue weighted by molar-refractivity contribution is 7.26. The number of benzene rings is 8. The largest absolute Gasteiger partial charge is 0.246 e. The van der Waals surface area contributed by atoms with E-state index in [-0.39, 0.29) is 0 Å². The van der Waals surface area contributed by atoms with Crippen molar-refractivity contribution in [2.75, 3.05) is 0 Å². The Balaban J connectivity index is 0.994. The number of nitrogens with zero attached hydrogens (tertiary/aromatic N) is 4. The molecule has 60 heavy (non-hydrogen) atoms. The predicted molar refractivity (Wildman–Crippen MR) is 254 cm³/mol. The normalized spacial score (nSPS) is 11.7. The summed E-state index contributed by atoms with van der Waals surface area (Å²) in [5.74, 6) is 1.88. The Hall–Kier alpha value is -7.38. The zero-order chi connectivity index (χ0) is 39.6. The standard InChI is InChI=1S/C54H32N4S2/c1-3-14-33(15-4-1)39-22-12-25-44-47-43-21-8-10-27-46(43)60-51(47)48(55-49(39)44)34-28-30-36(31-29-34)53-56-52(35-16-5-2-6-17-35)57-54(58-53)38-19-11-18-37(32-38)40-23-13-24-42-41-20-7-9-26-45(41)59-50(40)42/h1-32H. The van der Waals surface area contributed by atoms with Gasteiger partial charge in [-0.1, -0.05) is 176 Å². The van der Waals surface area contributed by atoms with Crippen molar-refractivity contribution in [3.63, 3.8) is 0 Å². The molecule has 4 aromatic heterocycles. The molecule has 6 heteroatoms. The van der Waals surface area contributed by atoms with E-state index in [4.69, 9.17) is 19.9 Å². The lowest BCUT2D eigenvalue weighted by atomic mass is 9.97. The molecule has 4 nitrogen and oxygen atoms in total. The zero-order valence-electron chi connectivity index (χ0n) is 32.1. The second-order valence-electron chi connectivity index (χ2n) is 14.9. The predicted octanol–water partition coefficient (Wildman–Crippen LogP) is 15.2. The van der Waals surface area contributed by atoms with E-state index < -0.39 is 0 Å². The number of para-hydroxylation sites is 1. The molecule has 0 unspecified atom stereocenters. The van der Waals surface area contributed by atoms with Crippen LogP contribution < -0.4 is 0 Å². The van der Waals surface area contributed by atoms with Crippen molar-refractivity contribution in [1.82, 2.24) is 19.9 Å². The van der Waals surface area contributed by atoms with Gasteiger partial charge in [0.15, 0.2) is 17.5 Å². The van der Waals surface area contributed by atoms with Gasteiger partial charge in [0.1, 0.15) is 0 Å². The average molecular weight is 801 g/mol. The molecule has 4 heterocycles. The first-order valence-corrected chi connectivity index (χ1v) is 21.6. The van der Waals surface area contributed by atoms with Crippen molar-refractivity contribution in [3.8, 4) is 67.7 Å². The zero-order valence-corrected chi connectivity index (χ0v) is 33.7. The summed E-state index contributed by atoms with van der Waals surface area (Å²) in [6, 6.07) is 68.4. The first-order valence-electron chi connectivity index (χ1n) is 20.0. The highest BCUT2D eigenvalue weighted by atomic mass is 32.1. The summed E-state index contributed by atoms with van der Waals surface area (Å²) in [6.45, 7) is 0. The van der Waals surface area contributed by atoms with Crippen LogP contribution >= 0.6 is 22.7 Å². The summed E-state index contributed by atoms with van der Waals surface area (Å²) in [6.07, 6.45) is 0. The second kappa shape index (κ2) is 14.2. The SMILES string of the molecule is c1ccc(-c2nc(-c3ccc(-c4nc5c(-c6ccccc6)cccc5c5c4sc4ccccc45)cc3)nc(-c3cccc(-c4cccc5c4sc4ccccc45)c3)n2)cc1. The Bertz CT molecular complexity index is 3590. The van der Waals surface area contributed by atoms with Crippen LogP contribution in [0.25, 0.3) is 119 Å². The molecule has 0 fully saturated rings. The van der Waals surface area contributed by atoms with Crippen molar-refractivity contribution < 1.29 is 0 Å². The van der Waals surface area contributed by atoms with Gasteiger partial charge in [-0.05, 0) is 34.9 Å². The second-order valence-corrected chi connectivity index (χ2v) is 17.0. The molecule has 0 atom stereocenters. The number of thiophene rings is 2. The number of fused-ring (bicyclic) bond motifs is 8. The number of pyridine rings is 1. The van der Waals surface area contributed by atoms with Crippen LogP contribution in [0, 0.1) is 0 Å². The molecule has 0 aliphatic rings. The monoisotopic (exact) mass is 800 g/mol. The maximum absolute atomic E-state index is 5.49. The van der Waals surface area contributed by atoms with Gasteiger partial charge in [-0.15, -0.1) is 22.7 Å². The van der Waals surface area contributed by atoms with Gasteiger partial charge < -0.3 is 0 Å². The highest BCUT2D eigenvalue weighted by Crippen LogP contribution is 2.45. The summed E-state index contributed by atoms with van der Waals surface area (Å²) in [5, 5.41) is 6.23. The highest BCUT2D eigenvalue weighted by Gasteiger charge is 2.20. The van der Waals surface area contributed by atoms with Crippen LogP contribution in [0.15, 0.2) is 194 Å². The van der Waals surface area contributed by atoms with Gasteiger partial charge >= 0.3 is 0 Å². The van der Waals surface area contributed by atoms with E-state index >= 15 is 0 Å². The van der Waals surface area contributed by atoms with Crippen LogP contribution in [-0.4, -0.2) is 19.9 Å². The molecule has 0 amide bonds. The van der Waals surface area contributed by atoms with Gasteiger partial charge in [0.2, 0.25) is 0 Å². The molecular formula is C54H32N4S2. The van der Waals surface area contributed by atoms with Gasteiger partial charge in [-0.25, -0.2) is 19.9 Å². The summed E-state index contributed by atoms with van der Waals surface area (Å²) in [4.78, 5) is 20.8. The molecule has 12 aromatic rings. The molecule has 0 N–H and O–H groups in total. The number of hydrogen-bond donors (Lipinski definition) is 0. The Kier molecular flexibility index (Phi) is 8.18. The third-order valence-corrected chi connectivity index (χ3v) is 13.7. The van der Waals surface area contributed by atoms with Crippen LogP contribution in [0.2, 0.25) is 0 Å². The molecule has 0 aliphatic carbocycles. The maximum Gasteiger partial charge on any atom is 0.164 e. The Labute approximate surface area is 353 Å². The number of rotatable bonds is 6. The van der Waals surface area contributed by atoms with E-state index in [1.165, 1.54) is 51.3 Å². The van der Waals surface area contributed by atoms with Gasteiger partial charge in [0.25, 0.3) is 0 Å². The fourth-order valence-electron chi connectivity index (χ4n) is 8.48. The Morgan fingerprint density at radius 1 is 0.300 bits per heavy atom. The minimum Gasteiger partial charge on any atom is -0.246 e. The van der Waals surface area contributed by atoms with E-state index in [0.717, 1.165) is 50.2 Å². The Morgan fingerprint density at radius 2 is 0.800 bits per heavy atom. The van der Waals surface area contributed by atoms with Crippen LogP contribution in [0.4, 0.5) is 0 Å². The molecule has 0 aliphatic heterocycles. The number of hydrogen-bond acceptors (Lipinski definition) is 6. The van der Waals surface area contributed by atoms with Gasteiger partial charge in [-0.2, -0.15) is 0 Å². The van der Waals surface area contributed by atoms with E-state index in [1.54, 1.807) is 11.3 Å². The first-order chi connectivity index (χ1) is 29.7. The van der Waals surface area contributed by atoms with Crippen LogP contribution in [0.5, 0.6) is 0 Å². The molecule has 0 spiro atoms. The maximum atomic E-state index is 5.49. The van der Waals surface area contributed by atoms with Gasteiger partial charge in [0.05, 0.1) is 15.9 Å². The van der Waals surface area contributed by atoms with Gasteiger partial charge in [-0.3, -0.25) is 0 Å². The smallest absolute Gasteiger partial charge is 0.164 e. The molecular weight excluding hydrogens is 769 g/mol. The average Bonchev–Trinajstić information content (AvgIpc) is 3.91. The van der Waals surface area contributed by atoms with Crippen molar-refractivity contribution in [2.45, 2.75) is 0 Å². The lowest BCUT2D eigenvalue weighted by molar-refractivity contribution is 1.07. The summed E-state index contributed by atoms with van der Waals surface area (Å²) in [7, 11) is 0. The van der Waals surface area contributed by atoms with Gasteiger partial charge in [0, 0.05) is 68.8 Å². The molecule has 0 radical (unpaired) electrons. The molecule has 0 saturated heterocycles. The van der Waals surface area contributed by atoms with Crippen molar-refractivity contribution >= 4 is 73.9 Å². The Morgan fingerprint density at radius 3 is 1.55 bits per heavy atom. The fourth-order valence-corrected chi connectivity index (χ4v) is 10.9. The number of aromatic nitrogens is 4. The third-order valence-electron chi connectivity index (χ3n) is 11.3. The molecule has 280 valence electrons. The van der Waals surface area contributed by atoms with Crippen molar-refractivity contribution in [3.05, 3.63) is 194 Å². The molecule has 0 saturated carbocycles. The fraction of sp³-hybridized carbons (Fsp3) is 0. The van der Waals surface area contributed by atoms with Crippen molar-refractivity contribution in [2.24, 2.45) is 0 Å². The lowest BCUT2D eigenvalue weighted by Crippen LogP contribution is -2.00.